The molecule has 1 aromatic heterocycles. The molecule has 3 rings (SSSR count). The third kappa shape index (κ3) is 3.37. The summed E-state index contributed by atoms with van der Waals surface area (Å²) < 4.78 is 0. The second-order valence-electron chi connectivity index (χ2n) is 6.04. The first kappa shape index (κ1) is 13.1. The van der Waals surface area contributed by atoms with Gasteiger partial charge in [-0.1, -0.05) is 12.8 Å². The fourth-order valence-corrected chi connectivity index (χ4v) is 3.79. The van der Waals surface area contributed by atoms with Crippen molar-refractivity contribution < 1.29 is 0 Å². The molecule has 0 aromatic carbocycles. The molecule has 2 aliphatic rings. The molecule has 3 atom stereocenters. The van der Waals surface area contributed by atoms with Crippen molar-refractivity contribution in [2.75, 3.05) is 13.1 Å². The molecule has 1 saturated carbocycles. The maximum Gasteiger partial charge on any atom is 0.0921 e. The molecule has 106 valence electrons. The van der Waals surface area contributed by atoms with Crippen molar-refractivity contribution in [1.29, 1.82) is 0 Å². The summed E-state index contributed by atoms with van der Waals surface area (Å²) in [5.74, 6) is 0.845. The molecule has 0 bridgehead atoms. The predicted molar refractivity (Wildman–Crippen MR) is 77.1 cm³/mol. The van der Waals surface area contributed by atoms with Gasteiger partial charge in [0.05, 0.1) is 6.33 Å². The first-order valence-electron chi connectivity index (χ1n) is 7.87. The maximum absolute atomic E-state index is 4.07. The maximum atomic E-state index is 4.07. The van der Waals surface area contributed by atoms with Crippen LogP contribution in [0.2, 0.25) is 0 Å². The van der Waals surface area contributed by atoms with E-state index in [4.69, 9.17) is 0 Å². The van der Waals surface area contributed by atoms with Gasteiger partial charge in [0.2, 0.25) is 0 Å². The summed E-state index contributed by atoms with van der Waals surface area (Å²) in [6.45, 7) is 2.29. The zero-order chi connectivity index (χ0) is 12.9. The van der Waals surface area contributed by atoms with E-state index in [9.17, 15) is 0 Å². The van der Waals surface area contributed by atoms with Gasteiger partial charge in [0.25, 0.3) is 0 Å². The second kappa shape index (κ2) is 6.53. The number of hydrogen-bond acceptors (Lipinski definition) is 3. The molecular formula is C15H26N4. The molecule has 0 radical (unpaired) electrons. The number of nitrogens with zero attached hydrogens (tertiary/aromatic N) is 1. The highest BCUT2D eigenvalue weighted by atomic mass is 15.0. The number of nitrogens with one attached hydrogen (secondary N) is 3. The molecule has 1 aromatic rings. The lowest BCUT2D eigenvalue weighted by atomic mass is 9.79. The van der Waals surface area contributed by atoms with Gasteiger partial charge in [-0.15, -0.1) is 0 Å². The number of rotatable bonds is 5. The predicted octanol–water partition coefficient (Wildman–Crippen LogP) is 1.85. The van der Waals surface area contributed by atoms with Crippen LogP contribution in [0, 0.1) is 5.92 Å². The Morgan fingerprint density at radius 2 is 2.16 bits per heavy atom. The smallest absolute Gasteiger partial charge is 0.0921 e. The van der Waals surface area contributed by atoms with Crippen LogP contribution < -0.4 is 10.6 Å². The van der Waals surface area contributed by atoms with Gasteiger partial charge in [-0.2, -0.15) is 0 Å². The van der Waals surface area contributed by atoms with Crippen LogP contribution in [0.5, 0.6) is 0 Å². The Kier molecular flexibility index (Phi) is 4.51. The fourth-order valence-electron chi connectivity index (χ4n) is 3.79. The van der Waals surface area contributed by atoms with Crippen LogP contribution in [-0.4, -0.2) is 35.1 Å². The van der Waals surface area contributed by atoms with Gasteiger partial charge in [0.1, 0.15) is 0 Å². The highest BCUT2D eigenvalue weighted by Crippen LogP contribution is 2.30. The Bertz CT molecular complexity index is 356. The van der Waals surface area contributed by atoms with Crippen molar-refractivity contribution in [2.45, 2.75) is 57.0 Å². The third-order valence-corrected chi connectivity index (χ3v) is 4.79. The van der Waals surface area contributed by atoms with Crippen LogP contribution in [0.15, 0.2) is 12.5 Å². The van der Waals surface area contributed by atoms with Gasteiger partial charge < -0.3 is 15.6 Å². The largest absolute Gasteiger partial charge is 0.348 e. The van der Waals surface area contributed by atoms with Gasteiger partial charge >= 0.3 is 0 Å². The molecule has 0 amide bonds. The number of H-pyrrole nitrogens is 1. The van der Waals surface area contributed by atoms with Gasteiger partial charge in [-0.05, 0) is 38.1 Å². The molecule has 2 heterocycles. The Balaban J connectivity index is 1.49. The van der Waals surface area contributed by atoms with Crippen molar-refractivity contribution in [3.05, 3.63) is 18.2 Å². The van der Waals surface area contributed by atoms with Crippen molar-refractivity contribution in [3.8, 4) is 0 Å². The first-order valence-corrected chi connectivity index (χ1v) is 7.87. The lowest BCUT2D eigenvalue weighted by Gasteiger charge is -2.36. The Morgan fingerprint density at radius 1 is 1.21 bits per heavy atom. The van der Waals surface area contributed by atoms with Gasteiger partial charge in [-0.25, -0.2) is 4.98 Å². The summed E-state index contributed by atoms with van der Waals surface area (Å²) in [6, 6.07) is 1.48. The fraction of sp³-hybridized carbons (Fsp3) is 0.800. The molecule has 4 nitrogen and oxygen atoms in total. The molecule has 1 saturated heterocycles. The number of aromatic amines is 1. The molecule has 3 unspecified atom stereocenters. The Labute approximate surface area is 115 Å². The van der Waals surface area contributed by atoms with E-state index >= 15 is 0 Å². The average Bonchev–Trinajstić information content (AvgIpc) is 3.12. The summed E-state index contributed by atoms with van der Waals surface area (Å²) in [5.41, 5.74) is 1.24. The van der Waals surface area contributed by atoms with Crippen LogP contribution in [0.4, 0.5) is 0 Å². The highest BCUT2D eigenvalue weighted by molar-refractivity contribution is 4.96. The van der Waals surface area contributed by atoms with E-state index in [1.54, 1.807) is 6.33 Å². The van der Waals surface area contributed by atoms with Crippen molar-refractivity contribution in [2.24, 2.45) is 5.92 Å². The topological polar surface area (TPSA) is 52.7 Å². The minimum absolute atomic E-state index is 0.715. The van der Waals surface area contributed by atoms with Gasteiger partial charge in [-0.3, -0.25) is 0 Å². The average molecular weight is 262 g/mol. The summed E-state index contributed by atoms with van der Waals surface area (Å²) >= 11 is 0. The Morgan fingerprint density at radius 3 is 2.95 bits per heavy atom. The van der Waals surface area contributed by atoms with Gasteiger partial charge in [0.15, 0.2) is 0 Å². The second-order valence-corrected chi connectivity index (χ2v) is 6.04. The van der Waals surface area contributed by atoms with E-state index in [1.807, 2.05) is 6.20 Å². The summed E-state index contributed by atoms with van der Waals surface area (Å²) in [6.07, 6.45) is 13.1. The van der Waals surface area contributed by atoms with Crippen molar-refractivity contribution in [3.63, 3.8) is 0 Å². The molecule has 1 aliphatic carbocycles. The monoisotopic (exact) mass is 262 g/mol. The standard InChI is InChI=1S/C15H26N4/c1-2-5-14(13(4-1)15-6-3-8-17-15)18-9-7-12-10-16-11-19-12/h10-11,13-15,17-18H,1-9H2,(H,16,19). The summed E-state index contributed by atoms with van der Waals surface area (Å²) in [5, 5.41) is 7.50. The van der Waals surface area contributed by atoms with E-state index in [-0.39, 0.29) is 0 Å². The summed E-state index contributed by atoms with van der Waals surface area (Å²) in [4.78, 5) is 7.25. The highest BCUT2D eigenvalue weighted by Gasteiger charge is 2.32. The minimum atomic E-state index is 0.715. The van der Waals surface area contributed by atoms with E-state index < -0.39 is 0 Å². The molecule has 0 spiro atoms. The van der Waals surface area contributed by atoms with Crippen LogP contribution >= 0.6 is 0 Å². The Hall–Kier alpha value is -0.870. The molecular weight excluding hydrogens is 236 g/mol. The minimum Gasteiger partial charge on any atom is -0.348 e. The molecule has 4 heteroatoms. The normalized spacial score (nSPS) is 31.7. The zero-order valence-corrected chi connectivity index (χ0v) is 11.7. The summed E-state index contributed by atoms with van der Waals surface area (Å²) in [7, 11) is 0. The van der Waals surface area contributed by atoms with Crippen molar-refractivity contribution >= 4 is 0 Å². The number of hydrogen-bond donors (Lipinski definition) is 3. The molecule has 1 aliphatic heterocycles. The van der Waals surface area contributed by atoms with Crippen LogP contribution in [0.1, 0.15) is 44.2 Å². The molecule has 3 N–H and O–H groups in total. The SMILES string of the molecule is c1ncc(CCNC2CCCCC2C2CCCN2)[nH]1. The van der Waals surface area contributed by atoms with Crippen molar-refractivity contribution in [1.82, 2.24) is 20.6 Å². The quantitative estimate of drug-likeness (QED) is 0.759. The first-order chi connectivity index (χ1) is 9.43. The lowest BCUT2D eigenvalue weighted by molar-refractivity contribution is 0.215. The van der Waals surface area contributed by atoms with Gasteiger partial charge in [0, 0.05) is 36.9 Å². The molecule has 2 fully saturated rings. The van der Waals surface area contributed by atoms with Crippen LogP contribution in [0.25, 0.3) is 0 Å². The van der Waals surface area contributed by atoms with E-state index in [0.29, 0.717) is 6.04 Å². The lowest BCUT2D eigenvalue weighted by Crippen LogP contribution is -2.47. The van der Waals surface area contributed by atoms with Crippen LogP contribution in [0.3, 0.4) is 0 Å². The van der Waals surface area contributed by atoms with E-state index in [1.165, 1.54) is 50.8 Å². The number of aromatic nitrogens is 2. The van der Waals surface area contributed by atoms with E-state index in [2.05, 4.69) is 20.6 Å². The van der Waals surface area contributed by atoms with E-state index in [0.717, 1.165) is 24.9 Å². The molecule has 19 heavy (non-hydrogen) atoms. The van der Waals surface area contributed by atoms with Crippen LogP contribution in [-0.2, 0) is 6.42 Å². The number of imidazole rings is 1. The zero-order valence-electron chi connectivity index (χ0n) is 11.7. The third-order valence-electron chi connectivity index (χ3n) is 4.79.